The molecule has 3 aromatic rings. The third kappa shape index (κ3) is 9.45. The van der Waals surface area contributed by atoms with Crippen LogP contribution in [0.15, 0.2) is 84.9 Å². The van der Waals surface area contributed by atoms with Crippen molar-refractivity contribution in [2.24, 2.45) is 0 Å². The first-order valence-corrected chi connectivity index (χ1v) is 14.9. The summed E-state index contributed by atoms with van der Waals surface area (Å²) in [4.78, 5) is 40.7. The van der Waals surface area contributed by atoms with Gasteiger partial charge in [0, 0.05) is 25.9 Å². The molecule has 4 rings (SSSR count). The third-order valence-electron chi connectivity index (χ3n) is 7.37. The number of hydrogen-bond acceptors (Lipinski definition) is 5. The van der Waals surface area contributed by atoms with Gasteiger partial charge in [-0.25, -0.2) is 0 Å². The summed E-state index contributed by atoms with van der Waals surface area (Å²) in [7, 11) is 0. The summed E-state index contributed by atoms with van der Waals surface area (Å²) in [5.74, 6) is -0.0936. The van der Waals surface area contributed by atoms with Gasteiger partial charge in [-0.3, -0.25) is 14.4 Å². The first kappa shape index (κ1) is 30.8. The predicted octanol–water partition coefficient (Wildman–Crippen LogP) is 3.34. The second-order valence-electron chi connectivity index (χ2n) is 10.6. The number of hydrogen-bond donors (Lipinski definition) is 4. The van der Waals surface area contributed by atoms with Gasteiger partial charge in [0.05, 0.1) is 6.04 Å². The molecule has 3 amide bonds. The zero-order valence-electron chi connectivity index (χ0n) is 24.3. The summed E-state index contributed by atoms with van der Waals surface area (Å²) in [5, 5.41) is 12.3. The molecule has 0 saturated carbocycles. The van der Waals surface area contributed by atoms with Gasteiger partial charge in [-0.15, -0.1) is 0 Å². The predicted molar refractivity (Wildman–Crippen MR) is 164 cm³/mol. The molecule has 4 N–H and O–H groups in total. The summed E-state index contributed by atoms with van der Waals surface area (Å²) in [6, 6.07) is 24.9. The highest BCUT2D eigenvalue weighted by Gasteiger charge is 2.29. The highest BCUT2D eigenvalue weighted by Crippen LogP contribution is 2.19. The Labute approximate surface area is 248 Å². The molecule has 3 atom stereocenters. The third-order valence-corrected chi connectivity index (χ3v) is 7.37. The molecule has 0 bridgehead atoms. The highest BCUT2D eigenvalue weighted by atomic mass is 16.5. The zero-order chi connectivity index (χ0) is 29.6. The van der Waals surface area contributed by atoms with E-state index in [1.165, 1.54) is 0 Å². The van der Waals surface area contributed by atoms with Gasteiger partial charge in [0.2, 0.25) is 17.7 Å². The molecule has 0 unspecified atom stereocenters. The molecule has 8 nitrogen and oxygen atoms in total. The molecule has 1 aliphatic heterocycles. The smallest absolute Gasteiger partial charge is 0.243 e. The topological polar surface area (TPSA) is 109 Å². The zero-order valence-corrected chi connectivity index (χ0v) is 24.3. The van der Waals surface area contributed by atoms with Crippen molar-refractivity contribution in [3.63, 3.8) is 0 Å². The molecule has 0 aromatic heterocycles. The van der Waals surface area contributed by atoms with Crippen molar-refractivity contribution in [2.75, 3.05) is 19.7 Å². The maximum Gasteiger partial charge on any atom is 0.243 e. The minimum Gasteiger partial charge on any atom is -0.492 e. The summed E-state index contributed by atoms with van der Waals surface area (Å²) in [6.45, 7) is 3.36. The fourth-order valence-electron chi connectivity index (χ4n) is 5.14. The van der Waals surface area contributed by atoms with Crippen molar-refractivity contribution < 1.29 is 19.1 Å². The van der Waals surface area contributed by atoms with Gasteiger partial charge < -0.3 is 26.0 Å². The number of fused-ring (bicyclic) bond motifs is 1. The lowest BCUT2D eigenvalue weighted by atomic mass is 10.0. The first-order chi connectivity index (χ1) is 20.5. The van der Waals surface area contributed by atoms with Crippen molar-refractivity contribution in [2.45, 2.75) is 63.6 Å². The number of aryl methyl sites for hydroxylation is 1. The lowest BCUT2D eigenvalue weighted by molar-refractivity contribution is -0.132. The van der Waals surface area contributed by atoms with Crippen LogP contribution in [-0.2, 0) is 33.6 Å². The lowest BCUT2D eigenvalue weighted by Crippen LogP contribution is -2.57. The van der Waals surface area contributed by atoms with Crippen LogP contribution in [0.3, 0.4) is 0 Å². The number of carbonyl (C=O) groups is 3. The molecule has 8 heteroatoms. The summed E-state index contributed by atoms with van der Waals surface area (Å²) < 4.78 is 6.07. The Morgan fingerprint density at radius 1 is 0.690 bits per heavy atom. The van der Waals surface area contributed by atoms with Crippen LogP contribution in [0.1, 0.15) is 42.9 Å². The van der Waals surface area contributed by atoms with Crippen LogP contribution >= 0.6 is 0 Å². The molecule has 3 aromatic carbocycles. The van der Waals surface area contributed by atoms with Gasteiger partial charge >= 0.3 is 0 Å². The maximum atomic E-state index is 13.8. The van der Waals surface area contributed by atoms with E-state index in [1.807, 2.05) is 91.9 Å². The minimum absolute atomic E-state index is 0.251. The van der Waals surface area contributed by atoms with E-state index in [9.17, 15) is 14.4 Å². The summed E-state index contributed by atoms with van der Waals surface area (Å²) in [5.41, 5.74) is 2.91. The second-order valence-corrected chi connectivity index (χ2v) is 10.6. The fraction of sp³-hybridized carbons (Fsp3) is 0.382. The van der Waals surface area contributed by atoms with Gasteiger partial charge in [0.15, 0.2) is 0 Å². The molecule has 42 heavy (non-hydrogen) atoms. The lowest BCUT2D eigenvalue weighted by Gasteiger charge is -2.26. The molecular formula is C34H42N4O4. The Kier molecular flexibility index (Phi) is 12.0. The van der Waals surface area contributed by atoms with Crippen molar-refractivity contribution in [3.05, 3.63) is 102 Å². The second kappa shape index (κ2) is 16.3. The van der Waals surface area contributed by atoms with Gasteiger partial charge in [-0.05, 0) is 42.0 Å². The number of nitrogens with one attached hydrogen (secondary N) is 4. The number of carbonyl (C=O) groups excluding carboxylic acids is 3. The van der Waals surface area contributed by atoms with Crippen LogP contribution in [0.2, 0.25) is 0 Å². The van der Waals surface area contributed by atoms with E-state index in [0.717, 1.165) is 41.7 Å². The standard InChI is InChI=1S/C34H42N4O4/c1-2-12-28-33(40)38-30(24-26-15-7-4-8-16-26)34(41)37-29(23-25-13-5-3-6-14-25)32(39)36-20-11-18-27-17-9-10-19-31(27)42-22-21-35-28/h3-10,13-17,19,28-30,35H,2,11-12,18,20-24H2,1H3,(H,36,39)(H,37,41)(H,38,40)/t28-,29+,30+/m0/s1. The number of para-hydroxylation sites is 1. The average Bonchev–Trinajstić information content (AvgIpc) is 3.01. The van der Waals surface area contributed by atoms with Gasteiger partial charge in [-0.2, -0.15) is 0 Å². The van der Waals surface area contributed by atoms with Crippen LogP contribution in [0.5, 0.6) is 5.75 Å². The Balaban J connectivity index is 1.59. The molecule has 222 valence electrons. The molecule has 1 heterocycles. The van der Waals surface area contributed by atoms with Crippen molar-refractivity contribution >= 4 is 17.7 Å². The van der Waals surface area contributed by atoms with E-state index in [4.69, 9.17) is 4.74 Å². The van der Waals surface area contributed by atoms with E-state index in [2.05, 4.69) is 21.3 Å². The number of benzene rings is 3. The first-order valence-electron chi connectivity index (χ1n) is 14.9. The largest absolute Gasteiger partial charge is 0.492 e. The quantitative estimate of drug-likeness (QED) is 0.364. The maximum absolute atomic E-state index is 13.8. The van der Waals surface area contributed by atoms with E-state index < -0.39 is 24.0 Å². The van der Waals surface area contributed by atoms with Crippen molar-refractivity contribution in [1.29, 1.82) is 0 Å². The molecular weight excluding hydrogens is 528 g/mol. The summed E-state index contributed by atoms with van der Waals surface area (Å²) in [6.07, 6.45) is 3.50. The van der Waals surface area contributed by atoms with Crippen molar-refractivity contribution in [3.8, 4) is 5.75 Å². The Morgan fingerprint density at radius 3 is 1.90 bits per heavy atom. The molecule has 0 aliphatic carbocycles. The van der Waals surface area contributed by atoms with Crippen LogP contribution in [-0.4, -0.2) is 55.5 Å². The van der Waals surface area contributed by atoms with Gasteiger partial charge in [0.25, 0.3) is 0 Å². The molecule has 0 spiro atoms. The van der Waals surface area contributed by atoms with Crippen LogP contribution in [0.25, 0.3) is 0 Å². The van der Waals surface area contributed by atoms with Gasteiger partial charge in [0.1, 0.15) is 24.4 Å². The Morgan fingerprint density at radius 2 is 1.26 bits per heavy atom. The van der Waals surface area contributed by atoms with Crippen molar-refractivity contribution in [1.82, 2.24) is 21.3 Å². The van der Waals surface area contributed by atoms with Crippen LogP contribution in [0.4, 0.5) is 0 Å². The molecule has 0 radical (unpaired) electrons. The average molecular weight is 571 g/mol. The Bertz CT molecular complexity index is 1280. The number of amides is 3. The SMILES string of the molecule is CCC[C@@H]1NCCOc2ccccc2CCCNC(=O)[C@@H](Cc2ccccc2)NC(=O)[C@@H](Cc2ccccc2)NC1=O. The molecule has 0 fully saturated rings. The monoisotopic (exact) mass is 570 g/mol. The van der Waals surface area contributed by atoms with E-state index in [0.29, 0.717) is 39.0 Å². The van der Waals surface area contributed by atoms with E-state index in [-0.39, 0.29) is 11.8 Å². The van der Waals surface area contributed by atoms with Crippen LogP contribution in [0, 0.1) is 0 Å². The van der Waals surface area contributed by atoms with Crippen LogP contribution < -0.4 is 26.0 Å². The summed E-state index contributed by atoms with van der Waals surface area (Å²) >= 11 is 0. The highest BCUT2D eigenvalue weighted by molar-refractivity contribution is 5.93. The fourth-order valence-corrected chi connectivity index (χ4v) is 5.14. The minimum atomic E-state index is -0.853. The molecule has 1 aliphatic rings. The van der Waals surface area contributed by atoms with E-state index in [1.54, 1.807) is 0 Å². The Hall–Kier alpha value is -4.17. The van der Waals surface area contributed by atoms with Gasteiger partial charge in [-0.1, -0.05) is 92.2 Å². The normalized spacial score (nSPS) is 21.0. The molecule has 0 saturated heterocycles. The van der Waals surface area contributed by atoms with E-state index >= 15 is 0 Å². The number of rotatable bonds is 6. The number of ether oxygens (including phenoxy) is 1.